The minimum atomic E-state index is -0.00364. The first kappa shape index (κ1) is 19.0. The van der Waals surface area contributed by atoms with Crippen molar-refractivity contribution in [2.24, 2.45) is 5.92 Å². The molecule has 7 heteroatoms. The normalized spacial score (nSPS) is 19.6. The van der Waals surface area contributed by atoms with Crippen LogP contribution in [0, 0.1) is 5.92 Å². The fraction of sp³-hybridized carbons (Fsp3) is 0.882. The predicted octanol–water partition coefficient (Wildman–Crippen LogP) is 0.609. The molecule has 0 aromatic rings. The van der Waals surface area contributed by atoms with Crippen molar-refractivity contribution in [1.82, 2.24) is 20.0 Å². The van der Waals surface area contributed by atoms with E-state index in [0.29, 0.717) is 38.5 Å². The lowest BCUT2D eigenvalue weighted by Crippen LogP contribution is -2.53. The van der Waals surface area contributed by atoms with Crippen LogP contribution in [0.4, 0.5) is 4.79 Å². The standard InChI is InChI=1S/C17H32N4O3/c1-15(2)3-5-18-17(23)21-9-7-20(8-10-21)16(22)4-6-19-11-13-24-14-12-19/h15H,3-14H2,1-2H3,(H,18,23). The second-order valence-corrected chi connectivity index (χ2v) is 6.99. The Hall–Kier alpha value is -1.34. The molecule has 2 aliphatic rings. The van der Waals surface area contributed by atoms with Crippen molar-refractivity contribution in [1.29, 1.82) is 0 Å². The van der Waals surface area contributed by atoms with Crippen molar-refractivity contribution in [2.45, 2.75) is 26.7 Å². The first-order valence-corrected chi connectivity index (χ1v) is 9.17. The zero-order chi connectivity index (χ0) is 17.4. The maximum atomic E-state index is 12.3. The Balaban J connectivity index is 1.62. The summed E-state index contributed by atoms with van der Waals surface area (Å²) in [6.45, 7) is 11.7. The lowest BCUT2D eigenvalue weighted by atomic mass is 10.1. The van der Waals surface area contributed by atoms with Crippen LogP contribution in [0.25, 0.3) is 0 Å². The molecule has 0 aromatic heterocycles. The van der Waals surface area contributed by atoms with E-state index in [-0.39, 0.29) is 11.9 Å². The van der Waals surface area contributed by atoms with E-state index in [0.717, 1.165) is 45.8 Å². The molecule has 0 saturated carbocycles. The quantitative estimate of drug-likeness (QED) is 0.769. The van der Waals surface area contributed by atoms with Gasteiger partial charge in [-0.3, -0.25) is 9.69 Å². The highest BCUT2D eigenvalue weighted by Crippen LogP contribution is 2.06. The fourth-order valence-electron chi connectivity index (χ4n) is 2.98. The lowest BCUT2D eigenvalue weighted by Gasteiger charge is -2.35. The van der Waals surface area contributed by atoms with E-state index < -0.39 is 0 Å². The smallest absolute Gasteiger partial charge is 0.317 e. The number of rotatable bonds is 6. The van der Waals surface area contributed by atoms with Gasteiger partial charge in [0.15, 0.2) is 0 Å². The third-order valence-electron chi connectivity index (χ3n) is 4.66. The average molecular weight is 340 g/mol. The van der Waals surface area contributed by atoms with Gasteiger partial charge in [0.1, 0.15) is 0 Å². The number of ether oxygens (including phenoxy) is 1. The number of urea groups is 1. The van der Waals surface area contributed by atoms with Crippen molar-refractivity contribution < 1.29 is 14.3 Å². The van der Waals surface area contributed by atoms with Gasteiger partial charge in [-0.15, -0.1) is 0 Å². The van der Waals surface area contributed by atoms with Crippen LogP contribution in [0.2, 0.25) is 0 Å². The number of hydrogen-bond acceptors (Lipinski definition) is 4. The summed E-state index contributed by atoms with van der Waals surface area (Å²) in [5.41, 5.74) is 0. The zero-order valence-electron chi connectivity index (χ0n) is 15.1. The number of hydrogen-bond donors (Lipinski definition) is 1. The largest absolute Gasteiger partial charge is 0.379 e. The summed E-state index contributed by atoms with van der Waals surface area (Å²) < 4.78 is 5.32. The van der Waals surface area contributed by atoms with Crippen molar-refractivity contribution in [3.05, 3.63) is 0 Å². The highest BCUT2D eigenvalue weighted by atomic mass is 16.5. The number of morpholine rings is 1. The first-order valence-electron chi connectivity index (χ1n) is 9.17. The number of carbonyl (C=O) groups excluding carboxylic acids is 2. The summed E-state index contributed by atoms with van der Waals surface area (Å²) in [5.74, 6) is 0.785. The second-order valence-electron chi connectivity index (χ2n) is 6.99. The molecular weight excluding hydrogens is 308 g/mol. The highest BCUT2D eigenvalue weighted by molar-refractivity contribution is 5.77. The molecule has 2 rings (SSSR count). The van der Waals surface area contributed by atoms with Crippen LogP contribution < -0.4 is 5.32 Å². The molecule has 3 amide bonds. The van der Waals surface area contributed by atoms with Crippen LogP contribution in [0.15, 0.2) is 0 Å². The molecule has 2 aliphatic heterocycles. The van der Waals surface area contributed by atoms with E-state index in [1.54, 1.807) is 0 Å². The molecule has 2 fully saturated rings. The molecule has 0 bridgehead atoms. The molecule has 0 radical (unpaired) electrons. The topological polar surface area (TPSA) is 65.1 Å². The van der Waals surface area contributed by atoms with Crippen LogP contribution in [0.1, 0.15) is 26.7 Å². The van der Waals surface area contributed by atoms with Gasteiger partial charge >= 0.3 is 6.03 Å². The number of nitrogens with zero attached hydrogens (tertiary/aromatic N) is 3. The number of carbonyl (C=O) groups is 2. The maximum absolute atomic E-state index is 12.3. The molecule has 24 heavy (non-hydrogen) atoms. The van der Waals surface area contributed by atoms with E-state index in [9.17, 15) is 9.59 Å². The SMILES string of the molecule is CC(C)CCNC(=O)N1CCN(C(=O)CCN2CCOCC2)CC1. The summed E-state index contributed by atoms with van der Waals surface area (Å²) in [5, 5.41) is 2.96. The summed E-state index contributed by atoms with van der Waals surface area (Å²) in [6.07, 6.45) is 1.55. The first-order chi connectivity index (χ1) is 11.6. The van der Waals surface area contributed by atoms with Crippen molar-refractivity contribution in [3.8, 4) is 0 Å². The Morgan fingerprint density at radius 2 is 1.62 bits per heavy atom. The summed E-state index contributed by atoms with van der Waals surface area (Å²) in [6, 6.07) is -0.00364. The number of piperazine rings is 1. The van der Waals surface area contributed by atoms with E-state index in [2.05, 4.69) is 24.1 Å². The van der Waals surface area contributed by atoms with E-state index in [1.807, 2.05) is 9.80 Å². The van der Waals surface area contributed by atoms with Gasteiger partial charge in [0.25, 0.3) is 0 Å². The minimum Gasteiger partial charge on any atom is -0.379 e. The van der Waals surface area contributed by atoms with E-state index in [4.69, 9.17) is 4.74 Å². The molecule has 1 N–H and O–H groups in total. The van der Waals surface area contributed by atoms with Gasteiger partial charge in [0.2, 0.25) is 5.91 Å². The Bertz CT molecular complexity index is 403. The van der Waals surface area contributed by atoms with Crippen LogP contribution >= 0.6 is 0 Å². The summed E-state index contributed by atoms with van der Waals surface area (Å²) in [7, 11) is 0. The maximum Gasteiger partial charge on any atom is 0.317 e. The van der Waals surface area contributed by atoms with Crippen molar-refractivity contribution in [2.75, 3.05) is 65.6 Å². The van der Waals surface area contributed by atoms with Crippen LogP contribution in [0.5, 0.6) is 0 Å². The predicted molar refractivity (Wildman–Crippen MR) is 92.9 cm³/mol. The highest BCUT2D eigenvalue weighted by Gasteiger charge is 2.24. The number of nitrogens with one attached hydrogen (secondary N) is 1. The third kappa shape index (κ3) is 6.28. The van der Waals surface area contributed by atoms with Crippen molar-refractivity contribution in [3.63, 3.8) is 0 Å². The van der Waals surface area contributed by atoms with Gasteiger partial charge in [-0.25, -0.2) is 4.79 Å². The summed E-state index contributed by atoms with van der Waals surface area (Å²) >= 11 is 0. The van der Waals surface area contributed by atoms with Crippen molar-refractivity contribution >= 4 is 11.9 Å². The Labute approximate surface area is 145 Å². The minimum absolute atomic E-state index is 0.00364. The molecule has 0 atom stereocenters. The Morgan fingerprint density at radius 1 is 1.00 bits per heavy atom. The van der Waals surface area contributed by atoms with Gasteiger partial charge < -0.3 is 19.9 Å². The van der Waals surface area contributed by atoms with E-state index >= 15 is 0 Å². The molecule has 138 valence electrons. The van der Waals surface area contributed by atoms with Gasteiger partial charge in [0, 0.05) is 58.8 Å². The molecule has 2 saturated heterocycles. The molecule has 0 spiro atoms. The molecule has 0 aromatic carbocycles. The van der Waals surface area contributed by atoms with Gasteiger partial charge in [-0.2, -0.15) is 0 Å². The van der Waals surface area contributed by atoms with E-state index in [1.165, 1.54) is 0 Å². The van der Waals surface area contributed by atoms with Crippen LogP contribution in [0.3, 0.4) is 0 Å². The second kappa shape index (κ2) is 9.84. The molecule has 0 aliphatic carbocycles. The number of amides is 3. The monoisotopic (exact) mass is 340 g/mol. The van der Waals surface area contributed by atoms with Crippen LogP contribution in [-0.2, 0) is 9.53 Å². The lowest BCUT2D eigenvalue weighted by molar-refractivity contribution is -0.133. The zero-order valence-corrected chi connectivity index (χ0v) is 15.1. The van der Waals surface area contributed by atoms with Crippen LogP contribution in [-0.4, -0.2) is 92.2 Å². The molecular formula is C17H32N4O3. The van der Waals surface area contributed by atoms with Gasteiger partial charge in [0.05, 0.1) is 13.2 Å². The molecule has 2 heterocycles. The Kier molecular flexibility index (Phi) is 7.78. The average Bonchev–Trinajstić information content (AvgIpc) is 2.60. The Morgan fingerprint density at radius 3 is 2.25 bits per heavy atom. The van der Waals surface area contributed by atoms with Gasteiger partial charge in [-0.05, 0) is 12.3 Å². The summed E-state index contributed by atoms with van der Waals surface area (Å²) in [4.78, 5) is 30.4. The molecule has 7 nitrogen and oxygen atoms in total. The fourth-order valence-corrected chi connectivity index (χ4v) is 2.98. The van der Waals surface area contributed by atoms with Gasteiger partial charge in [-0.1, -0.05) is 13.8 Å². The third-order valence-corrected chi connectivity index (χ3v) is 4.66. The molecule has 0 unspecified atom stereocenters.